The van der Waals surface area contributed by atoms with E-state index in [1.165, 1.54) is 10.9 Å². The van der Waals surface area contributed by atoms with Gasteiger partial charge in [-0.2, -0.15) is 18.3 Å². The smallest absolute Gasteiger partial charge is 0.340 e. The topological polar surface area (TPSA) is 49.7 Å². The Bertz CT molecular complexity index is 818. The number of H-pyrrole nitrogens is 1. The van der Waals surface area contributed by atoms with Crippen LogP contribution in [-0.2, 0) is 6.18 Å². The number of piperidine rings is 1. The van der Waals surface area contributed by atoms with E-state index in [-0.39, 0.29) is 6.04 Å². The van der Waals surface area contributed by atoms with Crippen LogP contribution in [0.2, 0.25) is 0 Å². The van der Waals surface area contributed by atoms with Gasteiger partial charge in [0.05, 0.1) is 17.1 Å². The highest BCUT2D eigenvalue weighted by molar-refractivity contribution is 5.77. The molecular formula is C16H16F3N5. The van der Waals surface area contributed by atoms with Gasteiger partial charge in [0, 0.05) is 19.3 Å². The number of halogens is 3. The lowest BCUT2D eigenvalue weighted by molar-refractivity contribution is -0.141. The molecule has 4 rings (SSSR count). The molecule has 1 atom stereocenters. The van der Waals surface area contributed by atoms with E-state index < -0.39 is 11.9 Å². The number of anilines is 1. The van der Waals surface area contributed by atoms with Crippen LogP contribution in [0.25, 0.3) is 11.0 Å². The zero-order valence-corrected chi connectivity index (χ0v) is 12.8. The molecule has 1 aliphatic heterocycles. The number of alkyl halides is 3. The van der Waals surface area contributed by atoms with Crippen molar-refractivity contribution in [3.05, 3.63) is 42.2 Å². The van der Waals surface area contributed by atoms with Gasteiger partial charge in [0.1, 0.15) is 0 Å². The van der Waals surface area contributed by atoms with Crippen LogP contribution in [0.15, 0.2) is 36.5 Å². The van der Waals surface area contributed by atoms with Gasteiger partial charge in [-0.05, 0) is 31.0 Å². The Morgan fingerprint density at radius 3 is 2.75 bits per heavy atom. The van der Waals surface area contributed by atoms with Gasteiger partial charge in [-0.15, -0.1) is 0 Å². The van der Waals surface area contributed by atoms with E-state index in [1.807, 2.05) is 24.3 Å². The summed E-state index contributed by atoms with van der Waals surface area (Å²) in [6.45, 7) is 1.41. The summed E-state index contributed by atoms with van der Waals surface area (Å²) in [6, 6.07) is 8.68. The predicted octanol–water partition coefficient (Wildman–Crippen LogP) is 3.62. The molecule has 1 saturated heterocycles. The molecule has 8 heteroatoms. The van der Waals surface area contributed by atoms with Crippen LogP contribution in [0.5, 0.6) is 0 Å². The molecule has 0 radical (unpaired) electrons. The lowest BCUT2D eigenvalue weighted by atomic mass is 10.1. The fourth-order valence-electron chi connectivity index (χ4n) is 3.14. The van der Waals surface area contributed by atoms with Gasteiger partial charge in [0.2, 0.25) is 5.95 Å². The van der Waals surface area contributed by atoms with Gasteiger partial charge in [0.15, 0.2) is 5.69 Å². The first-order valence-electron chi connectivity index (χ1n) is 7.83. The Morgan fingerprint density at radius 1 is 1.17 bits per heavy atom. The lowest BCUT2D eigenvalue weighted by Gasteiger charge is -2.32. The Kier molecular flexibility index (Phi) is 3.47. The molecule has 0 spiro atoms. The predicted molar refractivity (Wildman–Crippen MR) is 83.8 cm³/mol. The van der Waals surface area contributed by atoms with Crippen LogP contribution in [0, 0.1) is 0 Å². The minimum Gasteiger partial charge on any atom is -0.340 e. The second-order valence-electron chi connectivity index (χ2n) is 6.00. The number of rotatable bonds is 2. The number of aromatic amines is 1. The van der Waals surface area contributed by atoms with Crippen molar-refractivity contribution >= 4 is 17.0 Å². The second kappa shape index (κ2) is 5.54. The zero-order chi connectivity index (χ0) is 16.7. The highest BCUT2D eigenvalue weighted by Gasteiger charge is 2.34. The summed E-state index contributed by atoms with van der Waals surface area (Å²) < 4.78 is 39.6. The molecule has 1 N–H and O–H groups in total. The molecule has 5 nitrogen and oxygen atoms in total. The molecule has 0 saturated carbocycles. The van der Waals surface area contributed by atoms with Crippen LogP contribution in [-0.4, -0.2) is 32.8 Å². The van der Waals surface area contributed by atoms with E-state index >= 15 is 0 Å². The number of imidazole rings is 1. The largest absolute Gasteiger partial charge is 0.435 e. The fraction of sp³-hybridized carbons (Fsp3) is 0.375. The van der Waals surface area contributed by atoms with Crippen molar-refractivity contribution in [1.29, 1.82) is 0 Å². The van der Waals surface area contributed by atoms with Crippen LogP contribution in [0.1, 0.15) is 24.6 Å². The zero-order valence-electron chi connectivity index (χ0n) is 12.8. The quantitative estimate of drug-likeness (QED) is 0.778. The van der Waals surface area contributed by atoms with E-state index in [2.05, 4.69) is 20.0 Å². The highest BCUT2D eigenvalue weighted by atomic mass is 19.4. The molecule has 0 bridgehead atoms. The van der Waals surface area contributed by atoms with E-state index in [9.17, 15) is 13.2 Å². The van der Waals surface area contributed by atoms with Gasteiger partial charge in [-0.3, -0.25) is 4.68 Å². The molecule has 0 aliphatic carbocycles. The fourth-order valence-corrected chi connectivity index (χ4v) is 3.14. The number of fused-ring (bicyclic) bond motifs is 1. The maximum Gasteiger partial charge on any atom is 0.435 e. The van der Waals surface area contributed by atoms with E-state index in [1.54, 1.807) is 0 Å². The standard InChI is InChI=1S/C16H16F3N5/c17-16(18,19)14-7-9-24(22-14)11-4-3-8-23(10-11)15-20-12-5-1-2-6-13(12)21-15/h1-2,5-7,9,11H,3-4,8,10H2,(H,20,21). The number of hydrogen-bond acceptors (Lipinski definition) is 3. The third-order valence-corrected chi connectivity index (χ3v) is 4.35. The highest BCUT2D eigenvalue weighted by Crippen LogP contribution is 2.30. The van der Waals surface area contributed by atoms with E-state index in [4.69, 9.17) is 0 Å². The number of benzene rings is 1. The molecule has 126 valence electrons. The van der Waals surface area contributed by atoms with Gasteiger partial charge in [0.25, 0.3) is 0 Å². The van der Waals surface area contributed by atoms with Crippen molar-refractivity contribution in [2.24, 2.45) is 0 Å². The van der Waals surface area contributed by atoms with Crippen molar-refractivity contribution in [2.75, 3.05) is 18.0 Å². The van der Waals surface area contributed by atoms with Gasteiger partial charge in [-0.25, -0.2) is 4.98 Å². The minimum absolute atomic E-state index is 0.0944. The van der Waals surface area contributed by atoms with Crippen molar-refractivity contribution in [3.63, 3.8) is 0 Å². The molecule has 3 heterocycles. The number of nitrogens with one attached hydrogen (secondary N) is 1. The van der Waals surface area contributed by atoms with Crippen LogP contribution in [0.4, 0.5) is 19.1 Å². The SMILES string of the molecule is FC(F)(F)c1ccn(C2CCCN(c3nc4ccccc4[nH]3)C2)n1. The Hall–Kier alpha value is -2.51. The molecule has 24 heavy (non-hydrogen) atoms. The third kappa shape index (κ3) is 2.72. The first kappa shape index (κ1) is 15.0. The number of hydrogen-bond donors (Lipinski definition) is 1. The summed E-state index contributed by atoms with van der Waals surface area (Å²) in [6.07, 6.45) is -1.31. The first-order chi connectivity index (χ1) is 11.5. The van der Waals surface area contributed by atoms with Crippen LogP contribution in [0.3, 0.4) is 0 Å². The van der Waals surface area contributed by atoms with Crippen molar-refractivity contribution in [3.8, 4) is 0 Å². The molecule has 0 amide bonds. The molecule has 1 unspecified atom stereocenters. The Morgan fingerprint density at radius 2 is 2.00 bits per heavy atom. The van der Waals surface area contributed by atoms with Gasteiger partial charge >= 0.3 is 6.18 Å². The van der Waals surface area contributed by atoms with E-state index in [0.717, 1.165) is 42.4 Å². The average Bonchev–Trinajstić information content (AvgIpc) is 3.21. The summed E-state index contributed by atoms with van der Waals surface area (Å²) in [5.41, 5.74) is 0.990. The molecule has 1 fully saturated rings. The number of para-hydroxylation sites is 2. The number of aromatic nitrogens is 4. The summed E-state index contributed by atoms with van der Waals surface area (Å²) in [4.78, 5) is 9.91. The number of nitrogens with zero attached hydrogens (tertiary/aromatic N) is 4. The third-order valence-electron chi connectivity index (χ3n) is 4.35. The summed E-state index contributed by atoms with van der Waals surface area (Å²) in [5, 5.41) is 3.71. The van der Waals surface area contributed by atoms with Crippen molar-refractivity contribution in [1.82, 2.24) is 19.7 Å². The normalized spacial score (nSPS) is 19.1. The molecule has 2 aromatic heterocycles. The molecule has 1 aliphatic rings. The monoisotopic (exact) mass is 335 g/mol. The lowest BCUT2D eigenvalue weighted by Crippen LogP contribution is -2.37. The summed E-state index contributed by atoms with van der Waals surface area (Å²) in [7, 11) is 0. The van der Waals surface area contributed by atoms with Gasteiger partial charge in [-0.1, -0.05) is 12.1 Å². The van der Waals surface area contributed by atoms with Gasteiger partial charge < -0.3 is 9.88 Å². The van der Waals surface area contributed by atoms with Crippen LogP contribution < -0.4 is 4.90 Å². The molecule has 1 aromatic carbocycles. The minimum atomic E-state index is -4.40. The van der Waals surface area contributed by atoms with Crippen molar-refractivity contribution < 1.29 is 13.2 Å². The Balaban J connectivity index is 1.56. The second-order valence-corrected chi connectivity index (χ2v) is 6.00. The molecular weight excluding hydrogens is 319 g/mol. The van der Waals surface area contributed by atoms with Crippen LogP contribution >= 0.6 is 0 Å². The summed E-state index contributed by atoms with van der Waals surface area (Å²) in [5.74, 6) is 0.754. The van der Waals surface area contributed by atoms with Crippen molar-refractivity contribution in [2.45, 2.75) is 25.1 Å². The molecule has 3 aromatic rings. The Labute approximate surface area is 136 Å². The maximum atomic E-state index is 12.7. The summed E-state index contributed by atoms with van der Waals surface area (Å²) >= 11 is 0. The maximum absolute atomic E-state index is 12.7. The average molecular weight is 335 g/mol. The first-order valence-corrected chi connectivity index (χ1v) is 7.83. The van der Waals surface area contributed by atoms with E-state index in [0.29, 0.717) is 6.54 Å².